The highest BCUT2D eigenvalue weighted by Crippen LogP contribution is 2.20. The molecular formula is C23H25Cl2NO2. The van der Waals surface area contributed by atoms with Crippen LogP contribution in [0.15, 0.2) is 72.8 Å². The lowest BCUT2D eigenvalue weighted by molar-refractivity contribution is 0.302. The molecule has 5 heteroatoms. The summed E-state index contributed by atoms with van der Waals surface area (Å²) in [5, 5.41) is 4.23. The van der Waals surface area contributed by atoms with Gasteiger partial charge in [0.15, 0.2) is 0 Å². The normalized spacial score (nSPS) is 10.2. The number of hydrogen-bond acceptors (Lipinski definition) is 3. The Labute approximate surface area is 178 Å². The van der Waals surface area contributed by atoms with Gasteiger partial charge in [-0.25, -0.2) is 0 Å². The van der Waals surface area contributed by atoms with Crippen LogP contribution in [0.3, 0.4) is 0 Å². The number of ether oxygens (including phenoxy) is 2. The smallest absolute Gasteiger partial charge is 0.124 e. The molecule has 0 saturated carbocycles. The van der Waals surface area contributed by atoms with E-state index in [-0.39, 0.29) is 12.4 Å². The van der Waals surface area contributed by atoms with Crippen molar-refractivity contribution in [2.75, 3.05) is 13.7 Å². The molecule has 3 aromatic carbocycles. The summed E-state index contributed by atoms with van der Waals surface area (Å²) in [5.74, 6) is 1.79. The average Bonchev–Trinajstić information content (AvgIpc) is 2.72. The van der Waals surface area contributed by atoms with Crippen LogP contribution in [0.5, 0.6) is 11.5 Å². The minimum atomic E-state index is 0. The first-order valence-electron chi connectivity index (χ1n) is 9.03. The lowest BCUT2D eigenvalue weighted by atomic mass is 10.1. The lowest BCUT2D eigenvalue weighted by Gasteiger charge is -2.12. The maximum Gasteiger partial charge on any atom is 0.124 e. The minimum Gasteiger partial charge on any atom is -0.497 e. The molecule has 0 saturated heterocycles. The molecule has 0 atom stereocenters. The third kappa shape index (κ3) is 6.75. The van der Waals surface area contributed by atoms with Crippen molar-refractivity contribution in [1.82, 2.24) is 5.32 Å². The number of rotatable bonds is 9. The van der Waals surface area contributed by atoms with Crippen LogP contribution in [0.1, 0.15) is 16.7 Å². The molecule has 0 amide bonds. The Kier molecular flexibility index (Phi) is 9.15. The van der Waals surface area contributed by atoms with Gasteiger partial charge >= 0.3 is 0 Å². The molecule has 3 rings (SSSR count). The number of nitrogens with one attached hydrogen (secondary N) is 1. The van der Waals surface area contributed by atoms with Gasteiger partial charge in [0.2, 0.25) is 0 Å². The first-order chi connectivity index (χ1) is 13.2. The van der Waals surface area contributed by atoms with Gasteiger partial charge in [-0.1, -0.05) is 54.1 Å². The molecule has 28 heavy (non-hydrogen) atoms. The summed E-state index contributed by atoms with van der Waals surface area (Å²) in [6, 6.07) is 24.1. The van der Waals surface area contributed by atoms with E-state index in [1.807, 2.05) is 54.6 Å². The van der Waals surface area contributed by atoms with Crippen molar-refractivity contribution in [3.63, 3.8) is 0 Å². The first kappa shape index (κ1) is 22.1. The van der Waals surface area contributed by atoms with E-state index in [9.17, 15) is 0 Å². The Balaban J connectivity index is 0.00000280. The molecule has 3 aromatic rings. The second-order valence-corrected chi connectivity index (χ2v) is 6.73. The van der Waals surface area contributed by atoms with Crippen LogP contribution in [-0.2, 0) is 19.6 Å². The molecule has 0 radical (unpaired) electrons. The molecule has 0 aliphatic carbocycles. The van der Waals surface area contributed by atoms with E-state index in [1.54, 1.807) is 7.11 Å². The highest BCUT2D eigenvalue weighted by Gasteiger charge is 2.04. The van der Waals surface area contributed by atoms with E-state index in [4.69, 9.17) is 21.1 Å². The number of hydrogen-bond donors (Lipinski definition) is 1. The summed E-state index contributed by atoms with van der Waals surface area (Å²) >= 11 is 5.93. The number of para-hydroxylation sites is 1. The fourth-order valence-corrected chi connectivity index (χ4v) is 2.91. The van der Waals surface area contributed by atoms with Crippen molar-refractivity contribution in [3.8, 4) is 11.5 Å². The zero-order valence-electron chi connectivity index (χ0n) is 15.9. The molecular weight excluding hydrogens is 393 g/mol. The van der Waals surface area contributed by atoms with E-state index in [2.05, 4.69) is 23.5 Å². The second-order valence-electron chi connectivity index (χ2n) is 6.30. The number of benzene rings is 3. The second kappa shape index (κ2) is 11.6. The SMILES string of the molecule is COc1ccc(CCNCc2ccccc2OCc2ccc(Cl)cc2)cc1.Cl. The quantitative estimate of drug-likeness (QED) is 0.454. The molecule has 0 spiro atoms. The molecule has 0 aromatic heterocycles. The molecule has 1 N–H and O–H groups in total. The third-order valence-electron chi connectivity index (χ3n) is 4.35. The molecule has 0 bridgehead atoms. The van der Waals surface area contributed by atoms with Crippen molar-refractivity contribution in [3.05, 3.63) is 94.5 Å². The Morgan fingerprint density at radius 3 is 2.25 bits per heavy atom. The molecule has 0 unspecified atom stereocenters. The molecule has 148 valence electrons. The van der Waals surface area contributed by atoms with Gasteiger partial charge in [-0.2, -0.15) is 0 Å². The van der Waals surface area contributed by atoms with Crippen molar-refractivity contribution in [2.24, 2.45) is 0 Å². The van der Waals surface area contributed by atoms with Gasteiger partial charge in [-0.05, 0) is 54.4 Å². The molecule has 0 heterocycles. The molecule has 0 aliphatic rings. The van der Waals surface area contributed by atoms with Gasteiger partial charge in [0.25, 0.3) is 0 Å². The standard InChI is InChI=1S/C23H24ClNO2.ClH/c1-26-22-12-8-18(9-13-22)14-15-25-16-20-4-2-3-5-23(20)27-17-19-6-10-21(24)11-7-19;/h2-13,25H,14-17H2,1H3;1H. The van der Waals surface area contributed by atoms with Crippen LogP contribution in [-0.4, -0.2) is 13.7 Å². The van der Waals surface area contributed by atoms with Crippen LogP contribution >= 0.6 is 24.0 Å². The summed E-state index contributed by atoms with van der Waals surface area (Å²) in [4.78, 5) is 0. The molecule has 0 fully saturated rings. The third-order valence-corrected chi connectivity index (χ3v) is 4.60. The number of halogens is 2. The monoisotopic (exact) mass is 417 g/mol. The maximum atomic E-state index is 6.01. The largest absolute Gasteiger partial charge is 0.497 e. The van der Waals surface area contributed by atoms with E-state index in [0.717, 1.165) is 47.2 Å². The Morgan fingerprint density at radius 2 is 1.54 bits per heavy atom. The molecule has 3 nitrogen and oxygen atoms in total. The van der Waals surface area contributed by atoms with Gasteiger partial charge in [0, 0.05) is 17.1 Å². The Hall–Kier alpha value is -2.20. The van der Waals surface area contributed by atoms with Gasteiger partial charge in [-0.3, -0.25) is 0 Å². The van der Waals surface area contributed by atoms with Gasteiger partial charge in [0.1, 0.15) is 18.1 Å². The van der Waals surface area contributed by atoms with Crippen LogP contribution in [0.25, 0.3) is 0 Å². The minimum absolute atomic E-state index is 0. The van der Waals surface area contributed by atoms with Crippen LogP contribution in [0, 0.1) is 0 Å². The van der Waals surface area contributed by atoms with Gasteiger partial charge < -0.3 is 14.8 Å². The Morgan fingerprint density at radius 1 is 0.857 bits per heavy atom. The lowest BCUT2D eigenvalue weighted by Crippen LogP contribution is -2.17. The van der Waals surface area contributed by atoms with E-state index in [0.29, 0.717) is 6.61 Å². The highest BCUT2D eigenvalue weighted by molar-refractivity contribution is 6.30. The topological polar surface area (TPSA) is 30.5 Å². The van der Waals surface area contributed by atoms with Crippen LogP contribution in [0.2, 0.25) is 5.02 Å². The van der Waals surface area contributed by atoms with E-state index in [1.165, 1.54) is 5.56 Å². The zero-order chi connectivity index (χ0) is 18.9. The fraction of sp³-hybridized carbons (Fsp3) is 0.217. The summed E-state index contributed by atoms with van der Waals surface area (Å²) in [5.41, 5.74) is 3.54. The number of methoxy groups -OCH3 is 1. The highest BCUT2D eigenvalue weighted by atomic mass is 35.5. The summed E-state index contributed by atoms with van der Waals surface area (Å²) in [7, 11) is 1.68. The van der Waals surface area contributed by atoms with E-state index < -0.39 is 0 Å². The Bertz CT molecular complexity index is 836. The van der Waals surface area contributed by atoms with E-state index >= 15 is 0 Å². The van der Waals surface area contributed by atoms with Crippen LogP contribution < -0.4 is 14.8 Å². The summed E-state index contributed by atoms with van der Waals surface area (Å²) in [6.45, 7) is 2.20. The van der Waals surface area contributed by atoms with Gasteiger partial charge in [0.05, 0.1) is 7.11 Å². The predicted molar refractivity (Wildman–Crippen MR) is 118 cm³/mol. The summed E-state index contributed by atoms with van der Waals surface area (Å²) < 4.78 is 11.2. The average molecular weight is 418 g/mol. The van der Waals surface area contributed by atoms with Crippen LogP contribution in [0.4, 0.5) is 0 Å². The van der Waals surface area contributed by atoms with Crippen molar-refractivity contribution in [1.29, 1.82) is 0 Å². The fourth-order valence-electron chi connectivity index (χ4n) is 2.78. The summed E-state index contributed by atoms with van der Waals surface area (Å²) in [6.07, 6.45) is 0.970. The van der Waals surface area contributed by atoms with Crippen molar-refractivity contribution in [2.45, 2.75) is 19.6 Å². The van der Waals surface area contributed by atoms with Crippen molar-refractivity contribution >= 4 is 24.0 Å². The first-order valence-corrected chi connectivity index (χ1v) is 9.41. The molecule has 0 aliphatic heterocycles. The predicted octanol–water partition coefficient (Wildman–Crippen LogP) is 5.68. The maximum absolute atomic E-state index is 6.01. The van der Waals surface area contributed by atoms with Gasteiger partial charge in [-0.15, -0.1) is 12.4 Å². The zero-order valence-corrected chi connectivity index (χ0v) is 17.4. The van der Waals surface area contributed by atoms with Crippen molar-refractivity contribution < 1.29 is 9.47 Å².